The maximum Gasteiger partial charge on any atom is 0.220 e. The Labute approximate surface area is 678 Å². The largest absolute Gasteiger partial charge is 0.394 e. The fourth-order valence-corrected chi connectivity index (χ4v) is 14.4. The number of aliphatic hydroxyl groups excluding tert-OH is 11. The van der Waals surface area contributed by atoms with E-state index in [-0.39, 0.29) is 18.9 Å². The van der Waals surface area contributed by atoms with E-state index in [4.69, 9.17) is 28.4 Å². The minimum absolute atomic E-state index is 0.233. The number of ether oxygens (including phenoxy) is 6. The number of rotatable bonds is 71. The van der Waals surface area contributed by atoms with Gasteiger partial charge in [-0.1, -0.05) is 354 Å². The van der Waals surface area contributed by atoms with Gasteiger partial charge in [0.2, 0.25) is 5.91 Å². The molecule has 0 aromatic rings. The van der Waals surface area contributed by atoms with Gasteiger partial charge >= 0.3 is 0 Å². The molecule has 3 aliphatic rings. The lowest BCUT2D eigenvalue weighted by Gasteiger charge is -2.48. The van der Waals surface area contributed by atoms with Crippen molar-refractivity contribution in [1.29, 1.82) is 0 Å². The van der Waals surface area contributed by atoms with E-state index in [1.165, 1.54) is 186 Å². The van der Waals surface area contributed by atoms with Crippen molar-refractivity contribution in [2.45, 2.75) is 433 Å². The van der Waals surface area contributed by atoms with Crippen molar-refractivity contribution >= 4 is 5.91 Å². The Morgan fingerprint density at radius 2 is 0.616 bits per heavy atom. The lowest BCUT2D eigenvalue weighted by atomic mass is 9.96. The monoisotopic (exact) mass is 1580 g/mol. The number of hydrogen-bond donors (Lipinski definition) is 12. The molecule has 19 nitrogen and oxygen atoms in total. The number of carbonyl (C=O) groups excluding carboxylic acids is 1. The first kappa shape index (κ1) is 102. The molecule has 3 aliphatic heterocycles. The van der Waals surface area contributed by atoms with Crippen molar-refractivity contribution in [3.05, 3.63) is 122 Å². The van der Waals surface area contributed by atoms with Crippen LogP contribution in [0, 0.1) is 0 Å². The van der Waals surface area contributed by atoms with E-state index in [9.17, 15) is 61.0 Å². The molecule has 646 valence electrons. The third-order valence-corrected chi connectivity index (χ3v) is 21.5. The van der Waals surface area contributed by atoms with E-state index in [0.29, 0.717) is 6.42 Å². The number of amides is 1. The summed E-state index contributed by atoms with van der Waals surface area (Å²) in [7, 11) is 0. The standard InChI is InChI=1S/C93H161NO18/c1-3-5-7-9-11-13-15-17-19-21-23-25-27-29-31-33-34-35-36-37-38-39-40-41-42-43-45-47-49-51-53-55-57-59-61-63-65-67-69-71-81(99)94-76(77(98)70-68-66-64-62-60-58-56-54-52-50-48-46-44-32-30-28-26-24-22-20-18-16-14-12-10-8-6-4-2)75-107-91-87(105)84(102)89(79(73-96)109-91)112-93-88(106)85(103)90(80(74-97)110-93)111-92-86(104)83(101)82(100)78(72-95)108-92/h5,7,11,13,17,19,23,25,29,31,34-35,37-38,40-41,43,45,68,70,76-80,82-93,95-98,100-106H,3-4,6,8-10,12,14-16,18,20-22,24,26-28,30,32-33,36,39,42,44,46-67,69,71-75H2,1-2H3,(H,94,99)/b7-5-,13-11-,19-17-,25-23-,31-29-,35-34-,38-37-,41-40-,45-43-,70-68+. The van der Waals surface area contributed by atoms with Crippen LogP contribution in [0.5, 0.6) is 0 Å². The van der Waals surface area contributed by atoms with Gasteiger partial charge in [-0.25, -0.2) is 0 Å². The molecule has 0 aromatic heterocycles. The Kier molecular flexibility index (Phi) is 65.2. The van der Waals surface area contributed by atoms with Crippen molar-refractivity contribution in [2.24, 2.45) is 0 Å². The van der Waals surface area contributed by atoms with E-state index in [2.05, 4.69) is 129 Å². The lowest BCUT2D eigenvalue weighted by molar-refractivity contribution is -0.379. The number of carbonyl (C=O) groups is 1. The molecule has 0 bridgehead atoms. The second-order valence-electron chi connectivity index (χ2n) is 31.3. The SMILES string of the molecule is CC/C=C\C/C=C\C/C=C\C/C=C\C/C=C\C/C=C\C/C=C\C/C=C\C/C=C\CCCCCCCCCCCCCC(=O)NC(COC1OC(CO)C(OC2OC(CO)C(OC3OC(CO)C(O)C(O)C3O)C(O)C2O)C(O)C1O)C(O)/C=C/CCCCCCCCCCCCCCCCCCCCCCCCCCCC. The molecule has 112 heavy (non-hydrogen) atoms. The highest BCUT2D eigenvalue weighted by atomic mass is 16.8. The topological polar surface area (TPSA) is 307 Å². The molecule has 3 heterocycles. The van der Waals surface area contributed by atoms with Crippen LogP contribution in [0.1, 0.15) is 328 Å². The predicted octanol–water partition coefficient (Wildman–Crippen LogP) is 17.0. The summed E-state index contributed by atoms with van der Waals surface area (Å²) in [6, 6.07) is -0.985. The van der Waals surface area contributed by atoms with E-state index >= 15 is 0 Å². The summed E-state index contributed by atoms with van der Waals surface area (Å²) in [4.78, 5) is 13.5. The summed E-state index contributed by atoms with van der Waals surface area (Å²) in [6.45, 7) is 1.65. The number of unbranched alkanes of at least 4 members (excludes halogenated alkanes) is 37. The van der Waals surface area contributed by atoms with Gasteiger partial charge in [0.05, 0.1) is 38.6 Å². The maximum atomic E-state index is 13.5. The Hall–Kier alpha value is -3.81. The first-order valence-corrected chi connectivity index (χ1v) is 44.8. The third-order valence-electron chi connectivity index (χ3n) is 21.5. The van der Waals surface area contributed by atoms with Crippen molar-refractivity contribution in [1.82, 2.24) is 5.32 Å². The van der Waals surface area contributed by atoms with Gasteiger partial charge in [0.15, 0.2) is 18.9 Å². The fraction of sp³-hybridized carbons (Fsp3) is 0.774. The van der Waals surface area contributed by atoms with Gasteiger partial charge in [0.25, 0.3) is 0 Å². The zero-order valence-corrected chi connectivity index (χ0v) is 69.6. The number of hydrogen-bond acceptors (Lipinski definition) is 18. The third kappa shape index (κ3) is 49.4. The Morgan fingerprint density at radius 3 is 0.964 bits per heavy atom. The number of allylic oxidation sites excluding steroid dienone is 19. The number of nitrogens with one attached hydrogen (secondary N) is 1. The first-order chi connectivity index (χ1) is 54.8. The number of aliphatic hydroxyl groups is 11. The summed E-state index contributed by atoms with van der Waals surface area (Å²) in [5.74, 6) is -0.279. The van der Waals surface area contributed by atoms with Crippen LogP contribution in [0.3, 0.4) is 0 Å². The van der Waals surface area contributed by atoms with Crippen LogP contribution in [-0.4, -0.2) is 193 Å². The van der Waals surface area contributed by atoms with Crippen LogP contribution >= 0.6 is 0 Å². The molecule has 1 amide bonds. The normalized spacial score (nSPS) is 25.5. The van der Waals surface area contributed by atoms with E-state index in [0.717, 1.165) is 116 Å². The molecule has 3 rings (SSSR count). The molecule has 0 saturated carbocycles. The van der Waals surface area contributed by atoms with Gasteiger partial charge in [-0.3, -0.25) is 4.79 Å². The maximum absolute atomic E-state index is 13.5. The highest BCUT2D eigenvalue weighted by molar-refractivity contribution is 5.76. The van der Waals surface area contributed by atoms with Crippen LogP contribution in [0.2, 0.25) is 0 Å². The molecular weight excluding hydrogens is 1420 g/mol. The smallest absolute Gasteiger partial charge is 0.220 e. The second kappa shape index (κ2) is 71.3. The van der Waals surface area contributed by atoms with Crippen LogP contribution in [0.25, 0.3) is 0 Å². The minimum Gasteiger partial charge on any atom is -0.394 e. The fourth-order valence-electron chi connectivity index (χ4n) is 14.4. The van der Waals surface area contributed by atoms with Crippen molar-refractivity contribution in [3.63, 3.8) is 0 Å². The van der Waals surface area contributed by atoms with Gasteiger partial charge in [-0.15, -0.1) is 0 Å². The first-order valence-electron chi connectivity index (χ1n) is 44.8. The lowest BCUT2D eigenvalue weighted by Crippen LogP contribution is -2.66. The van der Waals surface area contributed by atoms with E-state index in [1.807, 2.05) is 6.08 Å². The minimum atomic E-state index is -1.98. The van der Waals surface area contributed by atoms with Crippen molar-refractivity contribution < 1.29 is 89.4 Å². The summed E-state index contributed by atoms with van der Waals surface area (Å²) < 4.78 is 34.5. The van der Waals surface area contributed by atoms with E-state index < -0.39 is 124 Å². The Balaban J connectivity index is 1.34. The molecule has 17 unspecified atom stereocenters. The molecule has 0 aromatic carbocycles. The van der Waals surface area contributed by atoms with Crippen LogP contribution in [0.4, 0.5) is 0 Å². The Bertz CT molecular complexity index is 2500. The molecule has 3 fully saturated rings. The molecule has 0 aliphatic carbocycles. The van der Waals surface area contributed by atoms with Crippen LogP contribution in [-0.2, 0) is 33.2 Å². The second-order valence-corrected chi connectivity index (χ2v) is 31.3. The zero-order chi connectivity index (χ0) is 81.0. The molecule has 0 spiro atoms. The Morgan fingerprint density at radius 1 is 0.330 bits per heavy atom. The molecule has 17 atom stereocenters. The van der Waals surface area contributed by atoms with Gasteiger partial charge in [-0.2, -0.15) is 0 Å². The molecular formula is C93H161NO18. The molecule has 0 radical (unpaired) electrons. The highest BCUT2D eigenvalue weighted by Crippen LogP contribution is 2.33. The van der Waals surface area contributed by atoms with Gasteiger partial charge in [-0.05, 0) is 89.9 Å². The van der Waals surface area contributed by atoms with Crippen molar-refractivity contribution in [3.8, 4) is 0 Å². The van der Waals surface area contributed by atoms with Crippen LogP contribution < -0.4 is 5.32 Å². The summed E-state index contributed by atoms with van der Waals surface area (Å²) in [5.41, 5.74) is 0. The van der Waals surface area contributed by atoms with Gasteiger partial charge in [0, 0.05) is 6.42 Å². The highest BCUT2D eigenvalue weighted by Gasteiger charge is 2.54. The molecule has 3 saturated heterocycles. The van der Waals surface area contributed by atoms with Crippen LogP contribution in [0.15, 0.2) is 122 Å². The predicted molar refractivity (Wildman–Crippen MR) is 452 cm³/mol. The van der Waals surface area contributed by atoms with Crippen molar-refractivity contribution in [2.75, 3.05) is 26.4 Å². The average molecular weight is 1580 g/mol. The quantitative estimate of drug-likeness (QED) is 0.0199. The average Bonchev–Trinajstić information content (AvgIpc) is 0.780. The zero-order valence-electron chi connectivity index (χ0n) is 69.6. The van der Waals surface area contributed by atoms with Gasteiger partial charge < -0.3 is 89.9 Å². The molecule has 19 heteroatoms. The summed E-state index contributed by atoms with van der Waals surface area (Å²) in [6.07, 6.45) is 74.7. The van der Waals surface area contributed by atoms with E-state index in [1.54, 1.807) is 6.08 Å². The molecule has 12 N–H and O–H groups in total. The summed E-state index contributed by atoms with van der Waals surface area (Å²) >= 11 is 0. The van der Waals surface area contributed by atoms with Gasteiger partial charge in [0.1, 0.15) is 73.2 Å². The summed E-state index contributed by atoms with van der Waals surface area (Å²) in [5, 5.41) is 121.